The molecule has 6 nitrogen and oxygen atoms in total. The molecule has 3 aromatic rings. The first-order chi connectivity index (χ1) is 12.6. The zero-order valence-corrected chi connectivity index (χ0v) is 14.1. The lowest BCUT2D eigenvalue weighted by Gasteiger charge is -2.10. The van der Waals surface area contributed by atoms with E-state index < -0.39 is 11.8 Å². The summed E-state index contributed by atoms with van der Waals surface area (Å²) in [5.74, 6) is -1.51. The summed E-state index contributed by atoms with van der Waals surface area (Å²) in [6, 6.07) is 15.7. The first kappa shape index (κ1) is 17.4. The van der Waals surface area contributed by atoms with E-state index in [2.05, 4.69) is 10.9 Å². The Balaban J connectivity index is 1.78. The Morgan fingerprint density at radius 2 is 1.42 bits per heavy atom. The van der Waals surface area contributed by atoms with Crippen LogP contribution < -0.4 is 10.9 Å². The molecule has 0 fully saturated rings. The molecule has 2 amide bonds. The van der Waals surface area contributed by atoms with Crippen molar-refractivity contribution in [2.75, 3.05) is 0 Å². The van der Waals surface area contributed by atoms with E-state index in [9.17, 15) is 14.4 Å². The van der Waals surface area contributed by atoms with Crippen LogP contribution in [0.15, 0.2) is 71.3 Å². The summed E-state index contributed by atoms with van der Waals surface area (Å²) in [5, 5.41) is 0.508. The number of amides is 2. The third-order valence-electron chi connectivity index (χ3n) is 3.56. The van der Waals surface area contributed by atoms with E-state index in [1.165, 1.54) is 18.4 Å². The summed E-state index contributed by atoms with van der Waals surface area (Å²) < 4.78 is 4.93. The highest BCUT2D eigenvalue weighted by Crippen LogP contribution is 2.17. The van der Waals surface area contributed by atoms with Gasteiger partial charge in [-0.05, 0) is 42.5 Å². The fraction of sp³-hybridized carbons (Fsp3) is 0. The molecule has 2 aromatic carbocycles. The summed E-state index contributed by atoms with van der Waals surface area (Å²) in [7, 11) is 0. The summed E-state index contributed by atoms with van der Waals surface area (Å²) in [6.45, 7) is 0. The van der Waals surface area contributed by atoms with Crippen molar-refractivity contribution in [3.63, 3.8) is 0 Å². The maximum absolute atomic E-state index is 12.7. The van der Waals surface area contributed by atoms with E-state index in [0.29, 0.717) is 10.6 Å². The van der Waals surface area contributed by atoms with Crippen molar-refractivity contribution in [2.45, 2.75) is 0 Å². The predicted molar refractivity (Wildman–Crippen MR) is 95.0 cm³/mol. The van der Waals surface area contributed by atoms with Crippen molar-refractivity contribution in [1.29, 1.82) is 0 Å². The van der Waals surface area contributed by atoms with Gasteiger partial charge in [-0.1, -0.05) is 29.8 Å². The van der Waals surface area contributed by atoms with E-state index in [4.69, 9.17) is 16.0 Å². The van der Waals surface area contributed by atoms with Gasteiger partial charge in [-0.2, -0.15) is 0 Å². The molecule has 26 heavy (non-hydrogen) atoms. The number of hydrazine groups is 1. The predicted octanol–water partition coefficient (Wildman–Crippen LogP) is 3.24. The second-order valence-electron chi connectivity index (χ2n) is 5.27. The Morgan fingerprint density at radius 3 is 2.08 bits per heavy atom. The van der Waals surface area contributed by atoms with Crippen LogP contribution in [0.1, 0.15) is 36.8 Å². The molecule has 2 N–H and O–H groups in total. The number of halogens is 1. The fourth-order valence-electron chi connectivity index (χ4n) is 2.29. The van der Waals surface area contributed by atoms with Crippen LogP contribution in [-0.4, -0.2) is 17.6 Å². The van der Waals surface area contributed by atoms with Crippen LogP contribution in [0.3, 0.4) is 0 Å². The zero-order valence-electron chi connectivity index (χ0n) is 13.4. The molecule has 7 heteroatoms. The van der Waals surface area contributed by atoms with Crippen molar-refractivity contribution in [1.82, 2.24) is 10.9 Å². The average molecular weight is 369 g/mol. The summed E-state index contributed by atoms with van der Waals surface area (Å²) in [6.07, 6.45) is 1.34. The van der Waals surface area contributed by atoms with Gasteiger partial charge < -0.3 is 4.42 Å². The van der Waals surface area contributed by atoms with Gasteiger partial charge in [-0.15, -0.1) is 0 Å². The van der Waals surface area contributed by atoms with Gasteiger partial charge in [0, 0.05) is 16.1 Å². The number of ketones is 1. The first-order valence-electron chi connectivity index (χ1n) is 7.60. The van der Waals surface area contributed by atoms with Crippen molar-refractivity contribution in [3.8, 4) is 0 Å². The van der Waals surface area contributed by atoms with Gasteiger partial charge in [-0.25, -0.2) is 0 Å². The Morgan fingerprint density at radius 1 is 0.769 bits per heavy atom. The van der Waals surface area contributed by atoms with Gasteiger partial charge in [0.15, 0.2) is 11.5 Å². The number of furan rings is 1. The number of hydrogen-bond donors (Lipinski definition) is 2. The summed E-state index contributed by atoms with van der Waals surface area (Å²) in [4.78, 5) is 36.9. The van der Waals surface area contributed by atoms with E-state index in [-0.39, 0.29) is 22.7 Å². The van der Waals surface area contributed by atoms with Gasteiger partial charge in [0.25, 0.3) is 5.91 Å². The lowest BCUT2D eigenvalue weighted by atomic mass is 9.98. The minimum Gasteiger partial charge on any atom is -0.459 e. The van der Waals surface area contributed by atoms with Gasteiger partial charge in [0.1, 0.15) is 0 Å². The van der Waals surface area contributed by atoms with Crippen LogP contribution in [-0.2, 0) is 0 Å². The molecule has 0 saturated carbocycles. The number of hydrogen-bond acceptors (Lipinski definition) is 4. The van der Waals surface area contributed by atoms with Crippen LogP contribution in [0.2, 0.25) is 5.02 Å². The van der Waals surface area contributed by atoms with Gasteiger partial charge in [0.05, 0.1) is 11.8 Å². The molecule has 3 rings (SSSR count). The highest BCUT2D eigenvalue weighted by atomic mass is 35.5. The maximum atomic E-state index is 12.7. The SMILES string of the molecule is O=C(NNC(=O)c1ccccc1C(=O)c1ccc(Cl)cc1)c1ccco1. The molecule has 1 aromatic heterocycles. The molecular weight excluding hydrogens is 356 g/mol. The molecule has 0 atom stereocenters. The highest BCUT2D eigenvalue weighted by Gasteiger charge is 2.19. The van der Waals surface area contributed by atoms with Crippen molar-refractivity contribution in [3.05, 3.63) is 94.4 Å². The Bertz CT molecular complexity index is 950. The lowest BCUT2D eigenvalue weighted by molar-refractivity contribution is 0.0829. The molecule has 0 saturated heterocycles. The topological polar surface area (TPSA) is 88.4 Å². The highest BCUT2D eigenvalue weighted by molar-refractivity contribution is 6.30. The first-order valence-corrected chi connectivity index (χ1v) is 7.97. The molecule has 0 aliphatic rings. The van der Waals surface area contributed by atoms with E-state index >= 15 is 0 Å². The normalized spacial score (nSPS) is 10.2. The van der Waals surface area contributed by atoms with Crippen LogP contribution >= 0.6 is 11.6 Å². The van der Waals surface area contributed by atoms with Crippen LogP contribution in [0.5, 0.6) is 0 Å². The Labute approximate surface area is 153 Å². The Hall–Kier alpha value is -3.38. The lowest BCUT2D eigenvalue weighted by Crippen LogP contribution is -2.42. The number of benzene rings is 2. The molecule has 130 valence electrons. The van der Waals surface area contributed by atoms with Gasteiger partial charge >= 0.3 is 5.91 Å². The zero-order chi connectivity index (χ0) is 18.5. The average Bonchev–Trinajstić information content (AvgIpc) is 3.21. The van der Waals surface area contributed by atoms with E-state index in [1.807, 2.05) is 0 Å². The fourth-order valence-corrected chi connectivity index (χ4v) is 2.41. The van der Waals surface area contributed by atoms with Gasteiger partial charge in [-0.3, -0.25) is 25.2 Å². The van der Waals surface area contributed by atoms with E-state index in [0.717, 1.165) is 0 Å². The maximum Gasteiger partial charge on any atom is 0.305 e. The van der Waals surface area contributed by atoms with Crippen LogP contribution in [0, 0.1) is 0 Å². The van der Waals surface area contributed by atoms with Crippen molar-refractivity contribution in [2.24, 2.45) is 0 Å². The largest absolute Gasteiger partial charge is 0.459 e. The molecule has 0 radical (unpaired) electrons. The van der Waals surface area contributed by atoms with Crippen LogP contribution in [0.25, 0.3) is 0 Å². The minimum atomic E-state index is -0.622. The van der Waals surface area contributed by atoms with Gasteiger partial charge in [0.2, 0.25) is 0 Å². The quantitative estimate of drug-likeness (QED) is 0.546. The smallest absolute Gasteiger partial charge is 0.305 e. The third-order valence-corrected chi connectivity index (χ3v) is 3.81. The van der Waals surface area contributed by atoms with Crippen molar-refractivity contribution >= 4 is 29.2 Å². The number of carbonyl (C=O) groups is 3. The molecule has 1 heterocycles. The number of rotatable bonds is 4. The third kappa shape index (κ3) is 3.81. The minimum absolute atomic E-state index is 0.0517. The second kappa shape index (κ2) is 7.67. The molecule has 0 spiro atoms. The molecule has 0 aliphatic carbocycles. The second-order valence-corrected chi connectivity index (χ2v) is 5.70. The Kier molecular flexibility index (Phi) is 5.15. The standard InChI is InChI=1S/C19H13ClN2O4/c20-13-9-7-12(8-10-13)17(23)14-4-1-2-5-15(14)18(24)21-22-19(25)16-6-3-11-26-16/h1-11H,(H,21,24)(H,22,25). The molecule has 0 aliphatic heterocycles. The molecule has 0 unspecified atom stereocenters. The monoisotopic (exact) mass is 368 g/mol. The van der Waals surface area contributed by atoms with E-state index in [1.54, 1.807) is 48.5 Å². The number of carbonyl (C=O) groups excluding carboxylic acids is 3. The summed E-state index contributed by atoms with van der Waals surface area (Å²) >= 11 is 5.83. The molecule has 0 bridgehead atoms. The van der Waals surface area contributed by atoms with Crippen LogP contribution in [0.4, 0.5) is 0 Å². The van der Waals surface area contributed by atoms with Crippen molar-refractivity contribution < 1.29 is 18.8 Å². The number of nitrogens with one attached hydrogen (secondary N) is 2. The molecular formula is C19H13ClN2O4. The summed E-state index contributed by atoms with van der Waals surface area (Å²) in [5.41, 5.74) is 5.24.